The summed E-state index contributed by atoms with van der Waals surface area (Å²) in [6, 6.07) is 4.12. The molecule has 0 aliphatic carbocycles. The quantitative estimate of drug-likeness (QED) is 0.833. The highest BCUT2D eigenvalue weighted by molar-refractivity contribution is 7.93. The molecule has 0 atom stereocenters. The number of allylic oxidation sites excluding steroid dienone is 1. The van der Waals surface area contributed by atoms with E-state index in [1.165, 1.54) is 12.1 Å². The number of ether oxygens (including phenoxy) is 1. The van der Waals surface area contributed by atoms with Crippen molar-refractivity contribution in [3.8, 4) is 5.75 Å². The minimum atomic E-state index is -4.48. The van der Waals surface area contributed by atoms with Gasteiger partial charge in [-0.3, -0.25) is 0 Å². The Bertz CT molecular complexity index is 632. The van der Waals surface area contributed by atoms with Crippen LogP contribution in [0, 0.1) is 0 Å². The lowest BCUT2D eigenvalue weighted by Crippen LogP contribution is -2.05. The van der Waals surface area contributed by atoms with E-state index in [0.717, 1.165) is 23.8 Å². The third kappa shape index (κ3) is 2.89. The fraction of sp³-hybridized carbons (Fsp3) is 0.100. The molecule has 1 aliphatic heterocycles. The molecule has 0 fully saturated rings. The zero-order valence-electron chi connectivity index (χ0n) is 8.68. The molecular weight excluding hydrogens is 271 g/mol. The highest BCUT2D eigenvalue weighted by Gasteiger charge is 2.30. The molecule has 0 amide bonds. The molecule has 0 aromatic heterocycles. The minimum Gasteiger partial charge on any atom is -0.455 e. The molecule has 0 bridgehead atoms. The summed E-state index contributed by atoms with van der Waals surface area (Å²) in [5.74, 6) is -0.242. The Morgan fingerprint density at radius 2 is 1.94 bits per heavy atom. The van der Waals surface area contributed by atoms with Crippen LogP contribution in [-0.2, 0) is 16.2 Å². The van der Waals surface area contributed by atoms with Crippen molar-refractivity contribution in [3.05, 3.63) is 41.0 Å². The summed E-state index contributed by atoms with van der Waals surface area (Å²) in [4.78, 5) is 0. The first kappa shape index (κ1) is 12.6. The SMILES string of the molecule is O=S1(=O)C=C(Oc2cccc(C(F)(F)F)c2)C=N1. The number of sulfonamides is 1. The number of hydrogen-bond donors (Lipinski definition) is 0. The van der Waals surface area contributed by atoms with Gasteiger partial charge in [0.25, 0.3) is 10.0 Å². The molecule has 0 N–H and O–H groups in total. The maximum Gasteiger partial charge on any atom is 0.416 e. The van der Waals surface area contributed by atoms with Gasteiger partial charge in [-0.15, -0.1) is 0 Å². The van der Waals surface area contributed by atoms with Gasteiger partial charge in [0, 0.05) is 0 Å². The summed E-state index contributed by atoms with van der Waals surface area (Å²) in [5, 5.41) is 0.729. The average Bonchev–Trinajstić information content (AvgIpc) is 2.57. The van der Waals surface area contributed by atoms with Gasteiger partial charge in [0.15, 0.2) is 5.76 Å². The summed E-state index contributed by atoms with van der Waals surface area (Å²) in [6.45, 7) is 0. The van der Waals surface area contributed by atoms with Gasteiger partial charge < -0.3 is 4.74 Å². The maximum absolute atomic E-state index is 12.4. The molecule has 1 heterocycles. The van der Waals surface area contributed by atoms with Crippen molar-refractivity contribution in [2.45, 2.75) is 6.18 Å². The number of rotatable bonds is 2. The smallest absolute Gasteiger partial charge is 0.416 e. The van der Waals surface area contributed by atoms with Crippen molar-refractivity contribution in [3.63, 3.8) is 0 Å². The van der Waals surface area contributed by atoms with E-state index in [9.17, 15) is 21.6 Å². The molecule has 0 radical (unpaired) electrons. The first-order valence-corrected chi connectivity index (χ1v) is 6.14. The summed E-state index contributed by atoms with van der Waals surface area (Å²) in [7, 11) is -3.69. The second-order valence-electron chi connectivity index (χ2n) is 3.40. The van der Waals surface area contributed by atoms with Crippen LogP contribution in [0.2, 0.25) is 0 Å². The van der Waals surface area contributed by atoms with E-state index in [0.29, 0.717) is 0 Å². The summed E-state index contributed by atoms with van der Waals surface area (Å²) >= 11 is 0. The fourth-order valence-electron chi connectivity index (χ4n) is 1.26. The summed E-state index contributed by atoms with van der Waals surface area (Å²) in [5.41, 5.74) is -0.876. The average molecular weight is 277 g/mol. The van der Waals surface area contributed by atoms with Crippen LogP contribution in [0.5, 0.6) is 5.75 Å². The molecule has 1 aromatic carbocycles. The number of hydrogen-bond acceptors (Lipinski definition) is 3. The molecule has 0 saturated carbocycles. The van der Waals surface area contributed by atoms with Gasteiger partial charge in [-0.2, -0.15) is 26.0 Å². The molecule has 1 aliphatic rings. The van der Waals surface area contributed by atoms with Crippen molar-refractivity contribution >= 4 is 16.2 Å². The van der Waals surface area contributed by atoms with E-state index in [4.69, 9.17) is 4.74 Å². The number of benzene rings is 1. The Hall–Kier alpha value is -1.83. The van der Waals surface area contributed by atoms with Gasteiger partial charge >= 0.3 is 6.18 Å². The highest BCUT2D eigenvalue weighted by atomic mass is 32.2. The summed E-state index contributed by atoms with van der Waals surface area (Å²) in [6.07, 6.45) is -3.56. The zero-order chi connectivity index (χ0) is 13.4. The lowest BCUT2D eigenvalue weighted by Gasteiger charge is -2.08. The fourth-order valence-corrected chi connectivity index (χ4v) is 1.97. The third-order valence-electron chi connectivity index (χ3n) is 1.99. The maximum atomic E-state index is 12.4. The van der Waals surface area contributed by atoms with Gasteiger partial charge in [-0.05, 0) is 18.2 Å². The van der Waals surface area contributed by atoms with Crippen LogP contribution in [0.3, 0.4) is 0 Å². The van der Waals surface area contributed by atoms with Crippen LogP contribution in [0.1, 0.15) is 5.56 Å². The standard InChI is InChI=1S/C10H6F3NO3S/c11-10(12,13)7-2-1-3-8(4-7)17-9-5-14-18(15,16)6-9/h1-6H. The Balaban J connectivity index is 2.24. The van der Waals surface area contributed by atoms with Gasteiger partial charge in [0.2, 0.25) is 0 Å². The number of alkyl halides is 3. The van der Waals surface area contributed by atoms with E-state index in [-0.39, 0.29) is 11.5 Å². The molecule has 0 unspecified atom stereocenters. The Labute approximate surface area is 100 Å². The molecule has 2 rings (SSSR count). The third-order valence-corrected chi connectivity index (χ3v) is 2.92. The molecule has 8 heteroatoms. The van der Waals surface area contributed by atoms with Crippen LogP contribution in [0.15, 0.2) is 39.8 Å². The molecule has 4 nitrogen and oxygen atoms in total. The lowest BCUT2D eigenvalue weighted by molar-refractivity contribution is -0.137. The topological polar surface area (TPSA) is 55.7 Å². The van der Waals surface area contributed by atoms with E-state index in [1.807, 2.05) is 0 Å². The second-order valence-corrected chi connectivity index (χ2v) is 4.87. The van der Waals surface area contributed by atoms with E-state index >= 15 is 0 Å². The van der Waals surface area contributed by atoms with Crippen LogP contribution in [-0.4, -0.2) is 14.6 Å². The van der Waals surface area contributed by atoms with Crippen molar-refractivity contribution in [1.29, 1.82) is 0 Å². The predicted molar refractivity (Wildman–Crippen MR) is 57.6 cm³/mol. The lowest BCUT2D eigenvalue weighted by atomic mass is 10.2. The molecule has 18 heavy (non-hydrogen) atoms. The molecule has 96 valence electrons. The monoisotopic (exact) mass is 277 g/mol. The van der Waals surface area contributed by atoms with Gasteiger partial charge in [0.05, 0.1) is 17.2 Å². The van der Waals surface area contributed by atoms with Crippen LogP contribution in [0.4, 0.5) is 13.2 Å². The predicted octanol–water partition coefficient (Wildman–Crippen LogP) is 2.34. The highest BCUT2D eigenvalue weighted by Crippen LogP contribution is 2.31. The zero-order valence-corrected chi connectivity index (χ0v) is 9.49. The van der Waals surface area contributed by atoms with Gasteiger partial charge in [0.1, 0.15) is 5.75 Å². The van der Waals surface area contributed by atoms with Crippen molar-refractivity contribution in [1.82, 2.24) is 0 Å². The molecule has 0 saturated heterocycles. The Morgan fingerprint density at radius 3 is 2.50 bits per heavy atom. The van der Waals surface area contributed by atoms with Gasteiger partial charge in [-0.25, -0.2) is 0 Å². The largest absolute Gasteiger partial charge is 0.455 e. The first-order valence-electron chi connectivity index (χ1n) is 4.63. The second kappa shape index (κ2) is 4.13. The van der Waals surface area contributed by atoms with E-state index in [2.05, 4.69) is 4.40 Å². The van der Waals surface area contributed by atoms with Crippen LogP contribution >= 0.6 is 0 Å². The van der Waals surface area contributed by atoms with E-state index < -0.39 is 21.8 Å². The normalized spacial score (nSPS) is 17.6. The van der Waals surface area contributed by atoms with Crippen LogP contribution in [0.25, 0.3) is 0 Å². The minimum absolute atomic E-state index is 0.111. The molecular formula is C10H6F3NO3S. The van der Waals surface area contributed by atoms with E-state index in [1.54, 1.807) is 0 Å². The Kier molecular flexibility index (Phi) is 2.89. The molecule has 0 spiro atoms. The van der Waals surface area contributed by atoms with Crippen molar-refractivity contribution < 1.29 is 26.3 Å². The van der Waals surface area contributed by atoms with Crippen molar-refractivity contribution in [2.24, 2.45) is 4.40 Å². The first-order chi connectivity index (χ1) is 8.26. The Morgan fingerprint density at radius 1 is 1.22 bits per heavy atom. The van der Waals surface area contributed by atoms with Crippen LogP contribution < -0.4 is 4.74 Å². The van der Waals surface area contributed by atoms with Gasteiger partial charge in [-0.1, -0.05) is 6.07 Å². The number of nitrogens with zero attached hydrogens (tertiary/aromatic N) is 1. The number of halogens is 3. The molecule has 1 aromatic rings. The summed E-state index contributed by atoms with van der Waals surface area (Å²) < 4.78 is 67.2. The van der Waals surface area contributed by atoms with Crippen molar-refractivity contribution in [2.75, 3.05) is 0 Å².